The average Bonchev–Trinajstić information content (AvgIpc) is 3.29. The van der Waals surface area contributed by atoms with Crippen LogP contribution in [0, 0.1) is 6.92 Å². The number of anilines is 1. The summed E-state index contributed by atoms with van der Waals surface area (Å²) in [6, 6.07) is 30.0. The van der Waals surface area contributed by atoms with E-state index in [1.807, 2.05) is 47.0 Å². The van der Waals surface area contributed by atoms with E-state index < -0.39 is 6.04 Å². The summed E-state index contributed by atoms with van der Waals surface area (Å²) in [7, 11) is 0. The van der Waals surface area contributed by atoms with Gasteiger partial charge in [-0.25, -0.2) is 4.98 Å². The Kier molecular flexibility index (Phi) is 6.98. The first-order chi connectivity index (χ1) is 17.6. The molecule has 36 heavy (non-hydrogen) atoms. The van der Waals surface area contributed by atoms with Crippen LogP contribution in [0.1, 0.15) is 28.4 Å². The molecule has 0 aliphatic rings. The first kappa shape index (κ1) is 23.6. The highest BCUT2D eigenvalue weighted by Crippen LogP contribution is 2.28. The number of nitrogens with zero attached hydrogens (tertiary/aromatic N) is 2. The van der Waals surface area contributed by atoms with Gasteiger partial charge in [0, 0.05) is 6.54 Å². The van der Waals surface area contributed by atoms with Crippen molar-refractivity contribution in [1.29, 1.82) is 0 Å². The molecule has 0 bridgehead atoms. The molecular weight excluding hydrogens is 448 g/mol. The minimum atomic E-state index is -0.587. The van der Waals surface area contributed by atoms with Gasteiger partial charge in [0.25, 0.3) is 0 Å². The van der Waals surface area contributed by atoms with Crippen LogP contribution in [0.15, 0.2) is 97.2 Å². The van der Waals surface area contributed by atoms with Gasteiger partial charge in [-0.3, -0.25) is 4.40 Å². The third-order valence-corrected chi connectivity index (χ3v) is 6.39. The molecule has 0 saturated carbocycles. The SMILES string of the molecule is Cc1c(COc2ccc3nc([C@@H](N)CO)c(NCc4ccccc4)n3c2)cccc1-c1ccccc1. The van der Waals surface area contributed by atoms with Crippen molar-refractivity contribution in [3.63, 3.8) is 0 Å². The minimum Gasteiger partial charge on any atom is -0.487 e. The molecule has 6 heteroatoms. The van der Waals surface area contributed by atoms with E-state index in [0.29, 0.717) is 18.8 Å². The van der Waals surface area contributed by atoms with Gasteiger partial charge in [-0.05, 0) is 46.9 Å². The molecule has 2 heterocycles. The van der Waals surface area contributed by atoms with Gasteiger partial charge < -0.3 is 20.9 Å². The van der Waals surface area contributed by atoms with Gasteiger partial charge in [-0.1, -0.05) is 78.9 Å². The van der Waals surface area contributed by atoms with E-state index in [0.717, 1.165) is 28.3 Å². The van der Waals surface area contributed by atoms with Crippen LogP contribution in [-0.4, -0.2) is 21.1 Å². The lowest BCUT2D eigenvalue weighted by molar-refractivity contribution is 0.266. The number of hydrogen-bond acceptors (Lipinski definition) is 5. The minimum absolute atomic E-state index is 0.190. The topological polar surface area (TPSA) is 84.8 Å². The molecular formula is C30H30N4O2. The van der Waals surface area contributed by atoms with E-state index in [9.17, 15) is 5.11 Å². The Bertz CT molecular complexity index is 1450. The zero-order chi connectivity index (χ0) is 24.9. The molecule has 5 rings (SSSR count). The fourth-order valence-corrected chi connectivity index (χ4v) is 4.36. The lowest BCUT2D eigenvalue weighted by atomic mass is 9.97. The van der Waals surface area contributed by atoms with Gasteiger partial charge in [-0.15, -0.1) is 0 Å². The maximum atomic E-state index is 9.69. The zero-order valence-electron chi connectivity index (χ0n) is 20.3. The smallest absolute Gasteiger partial charge is 0.139 e. The second kappa shape index (κ2) is 10.6. The molecule has 0 unspecified atom stereocenters. The monoisotopic (exact) mass is 478 g/mol. The van der Waals surface area contributed by atoms with E-state index in [1.54, 1.807) is 0 Å². The van der Waals surface area contributed by atoms with Crippen molar-refractivity contribution in [2.45, 2.75) is 26.1 Å². The van der Waals surface area contributed by atoms with Crippen LogP contribution in [0.3, 0.4) is 0 Å². The molecule has 0 aliphatic carbocycles. The third kappa shape index (κ3) is 4.96. The predicted molar refractivity (Wildman–Crippen MR) is 144 cm³/mol. The number of aliphatic hydroxyl groups is 1. The molecule has 0 radical (unpaired) electrons. The summed E-state index contributed by atoms with van der Waals surface area (Å²) < 4.78 is 8.17. The van der Waals surface area contributed by atoms with Gasteiger partial charge in [-0.2, -0.15) is 0 Å². The summed E-state index contributed by atoms with van der Waals surface area (Å²) in [6.45, 7) is 3.00. The molecule has 4 N–H and O–H groups in total. The third-order valence-electron chi connectivity index (χ3n) is 6.39. The van der Waals surface area contributed by atoms with E-state index in [-0.39, 0.29) is 6.61 Å². The molecule has 0 fully saturated rings. The van der Waals surface area contributed by atoms with Gasteiger partial charge in [0.15, 0.2) is 0 Å². The fraction of sp³-hybridized carbons (Fsp3) is 0.167. The number of nitrogens with two attached hydrogens (primary N) is 1. The molecule has 2 aromatic heterocycles. The van der Waals surface area contributed by atoms with E-state index in [4.69, 9.17) is 10.5 Å². The largest absolute Gasteiger partial charge is 0.487 e. The number of rotatable bonds is 9. The molecule has 6 nitrogen and oxygen atoms in total. The summed E-state index contributed by atoms with van der Waals surface area (Å²) in [6.07, 6.45) is 1.92. The molecule has 5 aromatic rings. The van der Waals surface area contributed by atoms with Crippen LogP contribution >= 0.6 is 0 Å². The van der Waals surface area contributed by atoms with Gasteiger partial charge >= 0.3 is 0 Å². The Balaban J connectivity index is 1.41. The number of imidazole rings is 1. The van der Waals surface area contributed by atoms with E-state index in [2.05, 4.69) is 71.8 Å². The van der Waals surface area contributed by atoms with Crippen molar-refractivity contribution in [1.82, 2.24) is 9.38 Å². The van der Waals surface area contributed by atoms with E-state index in [1.165, 1.54) is 16.7 Å². The molecule has 1 atom stereocenters. The van der Waals surface area contributed by atoms with E-state index >= 15 is 0 Å². The lowest BCUT2D eigenvalue weighted by Gasteiger charge is -2.14. The van der Waals surface area contributed by atoms with Crippen molar-refractivity contribution in [3.05, 3.63) is 120 Å². The Morgan fingerprint density at radius 3 is 2.44 bits per heavy atom. The summed E-state index contributed by atoms with van der Waals surface area (Å²) >= 11 is 0. The van der Waals surface area contributed by atoms with Gasteiger partial charge in [0.05, 0.1) is 18.8 Å². The number of ether oxygens (including phenoxy) is 1. The molecule has 0 aliphatic heterocycles. The predicted octanol–water partition coefficient (Wildman–Crippen LogP) is 5.49. The summed E-state index contributed by atoms with van der Waals surface area (Å²) in [5.41, 5.74) is 13.4. The second-order valence-electron chi connectivity index (χ2n) is 8.81. The Morgan fingerprint density at radius 2 is 1.69 bits per heavy atom. The maximum Gasteiger partial charge on any atom is 0.139 e. The molecule has 0 spiro atoms. The molecule has 182 valence electrons. The van der Waals surface area contributed by atoms with Crippen LogP contribution in [-0.2, 0) is 13.2 Å². The van der Waals surface area contributed by atoms with Crippen molar-refractivity contribution in [2.75, 3.05) is 11.9 Å². The number of pyridine rings is 1. The summed E-state index contributed by atoms with van der Waals surface area (Å²) in [4.78, 5) is 4.67. The average molecular weight is 479 g/mol. The highest BCUT2D eigenvalue weighted by atomic mass is 16.5. The second-order valence-corrected chi connectivity index (χ2v) is 8.81. The quantitative estimate of drug-likeness (QED) is 0.261. The first-order valence-corrected chi connectivity index (χ1v) is 12.1. The highest BCUT2D eigenvalue weighted by molar-refractivity contribution is 5.68. The lowest BCUT2D eigenvalue weighted by Crippen LogP contribution is -2.17. The molecule has 3 aromatic carbocycles. The van der Waals surface area contributed by atoms with Gasteiger partial charge in [0.1, 0.15) is 29.5 Å². The van der Waals surface area contributed by atoms with Crippen molar-refractivity contribution >= 4 is 11.5 Å². The van der Waals surface area contributed by atoms with Crippen molar-refractivity contribution in [3.8, 4) is 16.9 Å². The van der Waals surface area contributed by atoms with Crippen LogP contribution in [0.25, 0.3) is 16.8 Å². The summed E-state index contributed by atoms with van der Waals surface area (Å²) in [5, 5.41) is 13.1. The fourth-order valence-electron chi connectivity index (χ4n) is 4.36. The number of nitrogens with one attached hydrogen (secondary N) is 1. The number of hydrogen-bond donors (Lipinski definition) is 3. The summed E-state index contributed by atoms with van der Waals surface area (Å²) in [5.74, 6) is 1.47. The Labute approximate surface area is 211 Å². The normalized spacial score (nSPS) is 12.0. The first-order valence-electron chi connectivity index (χ1n) is 12.1. The van der Waals surface area contributed by atoms with Gasteiger partial charge in [0.2, 0.25) is 0 Å². The van der Waals surface area contributed by atoms with Crippen molar-refractivity contribution < 1.29 is 9.84 Å². The number of benzene rings is 3. The molecule has 0 amide bonds. The standard InChI is InChI=1S/C30H30N4O2/c1-21-24(13-8-14-26(21)23-11-6-3-7-12-23)20-36-25-15-16-28-33-29(27(31)19-35)30(34(28)18-25)32-17-22-9-4-2-5-10-22/h2-16,18,27,32,35H,17,19-20,31H2,1H3/t27-/m0/s1. The zero-order valence-corrected chi connectivity index (χ0v) is 20.3. The van der Waals surface area contributed by atoms with Crippen molar-refractivity contribution in [2.24, 2.45) is 5.73 Å². The Hall–Kier alpha value is -4.13. The van der Waals surface area contributed by atoms with Crippen LogP contribution in [0.2, 0.25) is 0 Å². The number of fused-ring (bicyclic) bond motifs is 1. The maximum absolute atomic E-state index is 9.69. The number of aliphatic hydroxyl groups excluding tert-OH is 1. The van der Waals surface area contributed by atoms with Crippen LogP contribution in [0.4, 0.5) is 5.82 Å². The van der Waals surface area contributed by atoms with Crippen LogP contribution < -0.4 is 15.8 Å². The van der Waals surface area contributed by atoms with Crippen LogP contribution in [0.5, 0.6) is 5.75 Å². The molecule has 0 saturated heterocycles. The number of aromatic nitrogens is 2. The Morgan fingerprint density at radius 1 is 0.944 bits per heavy atom. The highest BCUT2D eigenvalue weighted by Gasteiger charge is 2.18.